The molecule has 0 aliphatic heterocycles. The molecule has 6 rings (SSSR count). The minimum absolute atomic E-state index is 0. The van der Waals surface area contributed by atoms with Crippen molar-refractivity contribution in [1.82, 2.24) is 0 Å². The number of rotatable bonds is 3. The molecular formula is C49H74. The Labute approximate surface area is 305 Å². The monoisotopic (exact) mass is 663 g/mol. The predicted molar refractivity (Wildman–Crippen MR) is 233 cm³/mol. The highest BCUT2D eigenvalue weighted by atomic mass is 14.0. The maximum absolute atomic E-state index is 2.21. The Hall–Kier alpha value is -4.16. The van der Waals surface area contributed by atoms with Gasteiger partial charge in [0.25, 0.3) is 0 Å². The van der Waals surface area contributed by atoms with Crippen molar-refractivity contribution >= 4 is 21.5 Å². The third-order valence-corrected chi connectivity index (χ3v) is 6.38. The molecule has 0 N–H and O–H groups in total. The highest BCUT2D eigenvalue weighted by Crippen LogP contribution is 2.20. The Kier molecular flexibility index (Phi) is 40.4. The molecule has 6 aromatic rings. The summed E-state index contributed by atoms with van der Waals surface area (Å²) in [6.07, 6.45) is 2.21. The molecule has 0 aromatic heterocycles. The van der Waals surface area contributed by atoms with Gasteiger partial charge in [-0.15, -0.1) is 0 Å². The van der Waals surface area contributed by atoms with Gasteiger partial charge in [0.2, 0.25) is 0 Å². The van der Waals surface area contributed by atoms with Crippen molar-refractivity contribution in [2.24, 2.45) is 0 Å². The van der Waals surface area contributed by atoms with Gasteiger partial charge in [0, 0.05) is 0 Å². The number of aryl methyl sites for hydroxylation is 2. The van der Waals surface area contributed by atoms with Gasteiger partial charge in [-0.1, -0.05) is 250 Å². The smallest absolute Gasteiger partial charge is 0.0184 e. The van der Waals surface area contributed by atoms with Gasteiger partial charge in [-0.2, -0.15) is 0 Å². The first-order chi connectivity index (χ1) is 23.8. The molecular weight excluding hydrogens is 589 g/mol. The minimum Gasteiger partial charge on any atom is -0.0776 e. The molecule has 0 radical (unpaired) electrons. The number of fused-ring (bicyclic) bond motifs is 2. The standard InChI is InChI=1S/C16H18.2C10H8.6C2H6.CH4/c1-3-13-5-9-15(10-6-13)16-11-7-14(4-2)8-12-16;2*1-2-6-10-8-4-3-7-9(10)5-1;6*1-2;/h5-12H,3-4H2,1-2H3;2*1-8H;6*1-2H3;1H4. The van der Waals surface area contributed by atoms with Crippen molar-refractivity contribution in [2.45, 2.75) is 117 Å². The van der Waals surface area contributed by atoms with Crippen LogP contribution in [0.5, 0.6) is 0 Å². The van der Waals surface area contributed by atoms with E-state index in [-0.39, 0.29) is 7.43 Å². The quantitative estimate of drug-likeness (QED) is 0.177. The van der Waals surface area contributed by atoms with Crippen molar-refractivity contribution in [3.05, 3.63) is 157 Å². The van der Waals surface area contributed by atoms with E-state index in [1.807, 2.05) is 83.1 Å². The van der Waals surface area contributed by atoms with Crippen molar-refractivity contribution in [1.29, 1.82) is 0 Å². The van der Waals surface area contributed by atoms with Crippen LogP contribution in [0, 0.1) is 0 Å². The topological polar surface area (TPSA) is 0 Å². The average Bonchev–Trinajstić information content (AvgIpc) is 3.23. The molecule has 0 saturated carbocycles. The van der Waals surface area contributed by atoms with Crippen LogP contribution in [-0.4, -0.2) is 0 Å². The Morgan fingerprint density at radius 1 is 0.265 bits per heavy atom. The van der Waals surface area contributed by atoms with Gasteiger partial charge in [-0.05, 0) is 56.6 Å². The van der Waals surface area contributed by atoms with Gasteiger partial charge >= 0.3 is 0 Å². The summed E-state index contributed by atoms with van der Waals surface area (Å²) >= 11 is 0. The third kappa shape index (κ3) is 21.4. The molecule has 0 saturated heterocycles. The van der Waals surface area contributed by atoms with Gasteiger partial charge in [-0.25, -0.2) is 0 Å². The van der Waals surface area contributed by atoms with E-state index in [1.165, 1.54) is 43.8 Å². The van der Waals surface area contributed by atoms with Crippen LogP contribution >= 0.6 is 0 Å². The second-order valence-electron chi connectivity index (χ2n) is 8.80. The van der Waals surface area contributed by atoms with E-state index in [4.69, 9.17) is 0 Å². The van der Waals surface area contributed by atoms with Crippen LogP contribution < -0.4 is 0 Å². The Balaban J connectivity index is -0.000000272. The van der Waals surface area contributed by atoms with E-state index in [0.717, 1.165) is 12.8 Å². The molecule has 49 heavy (non-hydrogen) atoms. The van der Waals surface area contributed by atoms with Gasteiger partial charge in [-0.3, -0.25) is 0 Å². The van der Waals surface area contributed by atoms with Gasteiger partial charge < -0.3 is 0 Å². The highest BCUT2D eigenvalue weighted by Gasteiger charge is 1.97. The molecule has 0 fully saturated rings. The first-order valence-corrected chi connectivity index (χ1v) is 18.8. The lowest BCUT2D eigenvalue weighted by Gasteiger charge is -2.04. The lowest BCUT2D eigenvalue weighted by molar-refractivity contribution is 1.14. The molecule has 0 aliphatic carbocycles. The third-order valence-electron chi connectivity index (χ3n) is 6.38. The summed E-state index contributed by atoms with van der Waals surface area (Å²) in [5, 5.41) is 5.24. The fourth-order valence-corrected chi connectivity index (χ4v) is 4.13. The number of hydrogen-bond acceptors (Lipinski definition) is 0. The van der Waals surface area contributed by atoms with Crippen molar-refractivity contribution in [3.8, 4) is 11.1 Å². The summed E-state index contributed by atoms with van der Waals surface area (Å²) < 4.78 is 0. The van der Waals surface area contributed by atoms with E-state index in [9.17, 15) is 0 Å². The summed E-state index contributed by atoms with van der Waals surface area (Å²) in [4.78, 5) is 0. The van der Waals surface area contributed by atoms with E-state index in [1.54, 1.807) is 0 Å². The SMILES string of the molecule is C.CC.CC.CC.CC.CC.CC.CCc1ccc(-c2ccc(CC)cc2)cc1.c1ccc2ccccc2c1.c1ccc2ccccc2c1. The molecule has 0 spiro atoms. The van der Waals surface area contributed by atoms with E-state index < -0.39 is 0 Å². The molecule has 0 bridgehead atoms. The Bertz CT molecular complexity index is 1230. The summed E-state index contributed by atoms with van der Waals surface area (Å²) in [6.45, 7) is 28.4. The van der Waals surface area contributed by atoms with Crippen LogP contribution in [0.1, 0.15) is 115 Å². The van der Waals surface area contributed by atoms with Crippen molar-refractivity contribution < 1.29 is 0 Å². The van der Waals surface area contributed by atoms with Crippen LogP contribution in [0.3, 0.4) is 0 Å². The Morgan fingerprint density at radius 2 is 0.429 bits per heavy atom. The predicted octanol–water partition coefficient (Wildman–Crippen LogP) is 17.0. The largest absolute Gasteiger partial charge is 0.0776 e. The second kappa shape index (κ2) is 38.3. The molecule has 270 valence electrons. The fraction of sp³-hybridized carbons (Fsp3) is 0.347. The van der Waals surface area contributed by atoms with Crippen LogP contribution in [0.2, 0.25) is 0 Å². The summed E-state index contributed by atoms with van der Waals surface area (Å²) in [7, 11) is 0. The maximum Gasteiger partial charge on any atom is -0.0184 e. The zero-order chi connectivity index (χ0) is 37.0. The lowest BCUT2D eigenvalue weighted by Crippen LogP contribution is -1.83. The van der Waals surface area contributed by atoms with Gasteiger partial charge in [0.15, 0.2) is 0 Å². The number of benzene rings is 6. The average molecular weight is 663 g/mol. The summed E-state index contributed by atoms with van der Waals surface area (Å²) in [6, 6.07) is 51.1. The lowest BCUT2D eigenvalue weighted by atomic mass is 10.0. The molecule has 0 heterocycles. The molecule has 6 aromatic carbocycles. The molecule has 0 amide bonds. The van der Waals surface area contributed by atoms with Crippen LogP contribution in [0.15, 0.2) is 146 Å². The molecule has 0 aliphatic rings. The van der Waals surface area contributed by atoms with E-state index in [0.29, 0.717) is 0 Å². The summed E-state index contributed by atoms with van der Waals surface area (Å²) in [5.74, 6) is 0. The minimum atomic E-state index is 0. The maximum atomic E-state index is 2.21. The zero-order valence-corrected chi connectivity index (χ0v) is 33.3. The van der Waals surface area contributed by atoms with E-state index >= 15 is 0 Å². The molecule has 0 atom stereocenters. The van der Waals surface area contributed by atoms with Crippen LogP contribution in [0.25, 0.3) is 32.7 Å². The zero-order valence-electron chi connectivity index (χ0n) is 33.3. The van der Waals surface area contributed by atoms with Crippen LogP contribution in [0.4, 0.5) is 0 Å². The second-order valence-corrected chi connectivity index (χ2v) is 8.80. The first-order valence-electron chi connectivity index (χ1n) is 18.8. The molecule has 0 heteroatoms. The van der Waals surface area contributed by atoms with Crippen molar-refractivity contribution in [3.63, 3.8) is 0 Å². The summed E-state index contributed by atoms with van der Waals surface area (Å²) in [5.41, 5.74) is 5.41. The van der Waals surface area contributed by atoms with E-state index in [2.05, 4.69) is 159 Å². The Morgan fingerprint density at radius 3 is 0.571 bits per heavy atom. The normalized spacial score (nSPS) is 8.20. The van der Waals surface area contributed by atoms with Crippen LogP contribution in [-0.2, 0) is 12.8 Å². The number of hydrogen-bond donors (Lipinski definition) is 0. The van der Waals surface area contributed by atoms with Gasteiger partial charge in [0.05, 0.1) is 0 Å². The fourth-order valence-electron chi connectivity index (χ4n) is 4.13. The highest BCUT2D eigenvalue weighted by molar-refractivity contribution is 5.82. The van der Waals surface area contributed by atoms with Crippen molar-refractivity contribution in [2.75, 3.05) is 0 Å². The molecule has 0 unspecified atom stereocenters. The molecule has 0 nitrogen and oxygen atoms in total. The first kappa shape index (κ1) is 51.7. The van der Waals surface area contributed by atoms with Gasteiger partial charge in [0.1, 0.15) is 0 Å².